The lowest BCUT2D eigenvalue weighted by Gasteiger charge is -2.40. The van der Waals surface area contributed by atoms with Gasteiger partial charge in [0.05, 0.1) is 0 Å². The van der Waals surface area contributed by atoms with E-state index in [0.717, 1.165) is 25.9 Å². The molecule has 0 aromatic rings. The Balaban J connectivity index is 1.78. The zero-order chi connectivity index (χ0) is 9.97. The summed E-state index contributed by atoms with van der Waals surface area (Å²) in [5, 5.41) is 8.86. The Bertz CT molecular complexity index is 205. The maximum atomic E-state index is 11.9. The van der Waals surface area contributed by atoms with Gasteiger partial charge in [0, 0.05) is 31.5 Å². The monoisotopic (exact) mass is 197 g/mol. The van der Waals surface area contributed by atoms with Crippen molar-refractivity contribution in [3.05, 3.63) is 0 Å². The van der Waals surface area contributed by atoms with Crippen molar-refractivity contribution in [2.24, 2.45) is 11.8 Å². The summed E-state index contributed by atoms with van der Waals surface area (Å²) in [4.78, 5) is 13.8. The summed E-state index contributed by atoms with van der Waals surface area (Å²) >= 11 is 0. The molecule has 2 rings (SSSR count). The molecule has 2 aliphatic rings. The summed E-state index contributed by atoms with van der Waals surface area (Å²) in [5.41, 5.74) is 0. The molecule has 1 N–H and O–H groups in total. The summed E-state index contributed by atoms with van der Waals surface area (Å²) in [7, 11) is 0. The van der Waals surface area contributed by atoms with E-state index in [2.05, 4.69) is 0 Å². The third-order valence-corrected chi connectivity index (χ3v) is 3.48. The van der Waals surface area contributed by atoms with E-state index in [1.54, 1.807) is 0 Å². The molecule has 80 valence electrons. The number of carbonyl (C=O) groups is 1. The van der Waals surface area contributed by atoms with Crippen LogP contribution in [0.4, 0.5) is 0 Å². The largest absolute Gasteiger partial charge is 0.396 e. The van der Waals surface area contributed by atoms with Gasteiger partial charge in [-0.1, -0.05) is 19.3 Å². The second-order valence-electron chi connectivity index (χ2n) is 4.63. The molecule has 1 amide bonds. The number of aliphatic hydroxyl groups excluding tert-OH is 1. The van der Waals surface area contributed by atoms with Crippen molar-refractivity contribution in [2.45, 2.75) is 32.1 Å². The van der Waals surface area contributed by atoms with Gasteiger partial charge in [-0.25, -0.2) is 0 Å². The molecule has 0 bridgehead atoms. The summed E-state index contributed by atoms with van der Waals surface area (Å²) in [6, 6.07) is 0. The summed E-state index contributed by atoms with van der Waals surface area (Å²) in [6.45, 7) is 1.80. The fraction of sp³-hybridized carbons (Fsp3) is 0.909. The lowest BCUT2D eigenvalue weighted by Crippen LogP contribution is -2.53. The van der Waals surface area contributed by atoms with Crippen LogP contribution < -0.4 is 0 Å². The normalized spacial score (nSPS) is 24.8. The second kappa shape index (κ2) is 4.30. The average molecular weight is 197 g/mol. The molecule has 2 fully saturated rings. The van der Waals surface area contributed by atoms with Crippen LogP contribution in [0.15, 0.2) is 0 Å². The fourth-order valence-corrected chi connectivity index (χ4v) is 2.47. The predicted octanol–water partition coefficient (Wildman–Crippen LogP) is 1.02. The highest BCUT2D eigenvalue weighted by Gasteiger charge is 2.34. The topological polar surface area (TPSA) is 40.5 Å². The fourth-order valence-electron chi connectivity index (χ4n) is 2.47. The maximum Gasteiger partial charge on any atom is 0.225 e. The Labute approximate surface area is 85.1 Å². The summed E-state index contributed by atoms with van der Waals surface area (Å²) in [6.07, 6.45) is 5.89. The number of likely N-dealkylation sites (tertiary alicyclic amines) is 1. The van der Waals surface area contributed by atoms with Crippen LogP contribution in [0, 0.1) is 11.8 Å². The third-order valence-electron chi connectivity index (χ3n) is 3.48. The standard InChI is InChI=1S/C11H19NO2/c13-8-9-6-12(7-9)11(14)10-4-2-1-3-5-10/h9-10,13H,1-8H2. The highest BCUT2D eigenvalue weighted by Crippen LogP contribution is 2.28. The van der Waals surface area contributed by atoms with Crippen LogP contribution in [0.1, 0.15) is 32.1 Å². The van der Waals surface area contributed by atoms with Gasteiger partial charge in [0.25, 0.3) is 0 Å². The summed E-state index contributed by atoms with van der Waals surface area (Å²) in [5.74, 6) is 0.986. The Morgan fingerprint density at radius 2 is 1.86 bits per heavy atom. The number of aliphatic hydroxyl groups is 1. The van der Waals surface area contributed by atoms with Crippen molar-refractivity contribution < 1.29 is 9.90 Å². The maximum absolute atomic E-state index is 11.9. The molecule has 1 aliphatic carbocycles. The highest BCUT2D eigenvalue weighted by molar-refractivity contribution is 5.79. The number of carbonyl (C=O) groups excluding carboxylic acids is 1. The average Bonchev–Trinajstić information content (AvgIpc) is 2.17. The number of hydrogen-bond donors (Lipinski definition) is 1. The number of amides is 1. The molecule has 1 aliphatic heterocycles. The van der Waals surface area contributed by atoms with Gasteiger partial charge in [-0.3, -0.25) is 4.79 Å². The quantitative estimate of drug-likeness (QED) is 0.718. The number of nitrogens with zero attached hydrogens (tertiary/aromatic N) is 1. The molecule has 0 radical (unpaired) electrons. The molecule has 0 aromatic carbocycles. The first kappa shape index (κ1) is 9.97. The van der Waals surface area contributed by atoms with E-state index < -0.39 is 0 Å². The number of rotatable bonds is 2. The molecule has 3 nitrogen and oxygen atoms in total. The van der Waals surface area contributed by atoms with Gasteiger partial charge in [-0.05, 0) is 12.8 Å². The van der Waals surface area contributed by atoms with Gasteiger partial charge in [0.1, 0.15) is 0 Å². The zero-order valence-electron chi connectivity index (χ0n) is 8.61. The van der Waals surface area contributed by atoms with E-state index in [1.165, 1.54) is 19.3 Å². The van der Waals surface area contributed by atoms with Gasteiger partial charge in [-0.2, -0.15) is 0 Å². The molecule has 0 aromatic heterocycles. The van der Waals surface area contributed by atoms with Crippen molar-refractivity contribution in [3.63, 3.8) is 0 Å². The molecule has 0 spiro atoms. The zero-order valence-corrected chi connectivity index (χ0v) is 8.61. The predicted molar refractivity (Wildman–Crippen MR) is 53.7 cm³/mol. The molecule has 14 heavy (non-hydrogen) atoms. The Kier molecular flexibility index (Phi) is 3.06. The van der Waals surface area contributed by atoms with E-state index in [1.807, 2.05) is 4.90 Å². The van der Waals surface area contributed by atoms with Crippen LogP contribution in [-0.4, -0.2) is 35.6 Å². The van der Waals surface area contributed by atoms with Gasteiger partial charge in [0.2, 0.25) is 5.91 Å². The van der Waals surface area contributed by atoms with Crippen molar-refractivity contribution in [2.75, 3.05) is 19.7 Å². The molecular formula is C11H19NO2. The molecular weight excluding hydrogens is 178 g/mol. The molecule has 3 heteroatoms. The Hall–Kier alpha value is -0.570. The van der Waals surface area contributed by atoms with Crippen LogP contribution in [-0.2, 0) is 4.79 Å². The minimum Gasteiger partial charge on any atom is -0.396 e. The second-order valence-corrected chi connectivity index (χ2v) is 4.63. The van der Waals surface area contributed by atoms with E-state index in [0.29, 0.717) is 17.7 Å². The number of hydrogen-bond acceptors (Lipinski definition) is 2. The third kappa shape index (κ3) is 1.92. The van der Waals surface area contributed by atoms with Gasteiger partial charge in [0.15, 0.2) is 0 Å². The van der Waals surface area contributed by atoms with Gasteiger partial charge in [-0.15, -0.1) is 0 Å². The summed E-state index contributed by atoms with van der Waals surface area (Å²) < 4.78 is 0. The van der Waals surface area contributed by atoms with E-state index >= 15 is 0 Å². The molecule has 0 atom stereocenters. The smallest absolute Gasteiger partial charge is 0.225 e. The molecule has 0 unspecified atom stereocenters. The van der Waals surface area contributed by atoms with Crippen molar-refractivity contribution in [1.82, 2.24) is 4.90 Å². The lowest BCUT2D eigenvalue weighted by atomic mass is 9.86. The van der Waals surface area contributed by atoms with E-state index in [-0.39, 0.29) is 6.61 Å². The first-order chi connectivity index (χ1) is 6.81. The Morgan fingerprint density at radius 3 is 2.43 bits per heavy atom. The molecule has 1 heterocycles. The minimum absolute atomic E-state index is 0.231. The van der Waals surface area contributed by atoms with Gasteiger partial charge >= 0.3 is 0 Å². The van der Waals surface area contributed by atoms with Crippen molar-refractivity contribution in [1.29, 1.82) is 0 Å². The van der Waals surface area contributed by atoms with Crippen LogP contribution in [0.25, 0.3) is 0 Å². The molecule has 1 saturated carbocycles. The Morgan fingerprint density at radius 1 is 1.21 bits per heavy atom. The van der Waals surface area contributed by atoms with Crippen LogP contribution in [0.5, 0.6) is 0 Å². The van der Waals surface area contributed by atoms with Crippen molar-refractivity contribution >= 4 is 5.91 Å². The molecule has 1 saturated heterocycles. The van der Waals surface area contributed by atoms with Gasteiger partial charge < -0.3 is 10.0 Å². The first-order valence-electron chi connectivity index (χ1n) is 5.71. The van der Waals surface area contributed by atoms with E-state index in [9.17, 15) is 4.79 Å². The van der Waals surface area contributed by atoms with E-state index in [4.69, 9.17) is 5.11 Å². The lowest BCUT2D eigenvalue weighted by molar-refractivity contribution is -0.144. The SMILES string of the molecule is O=C(C1CCCCC1)N1CC(CO)C1. The minimum atomic E-state index is 0.231. The van der Waals surface area contributed by atoms with Crippen molar-refractivity contribution in [3.8, 4) is 0 Å². The first-order valence-corrected chi connectivity index (χ1v) is 5.71. The van der Waals surface area contributed by atoms with Crippen LogP contribution in [0.3, 0.4) is 0 Å². The van der Waals surface area contributed by atoms with Crippen LogP contribution in [0.2, 0.25) is 0 Å². The highest BCUT2D eigenvalue weighted by atomic mass is 16.3. The van der Waals surface area contributed by atoms with Crippen LogP contribution >= 0.6 is 0 Å².